The van der Waals surface area contributed by atoms with Crippen LogP contribution in [-0.4, -0.2) is 0 Å². The first kappa shape index (κ1) is 20.2. The van der Waals surface area contributed by atoms with Crippen molar-refractivity contribution in [2.45, 2.75) is 46.0 Å². The third-order valence-corrected chi connectivity index (χ3v) is 3.22. The van der Waals surface area contributed by atoms with Crippen LogP contribution in [0.25, 0.3) is 0 Å². The van der Waals surface area contributed by atoms with Gasteiger partial charge in [0.1, 0.15) is 0 Å². The fraction of sp³-hybridized carbons (Fsp3) is 0.412. The van der Waals surface area contributed by atoms with E-state index in [0.717, 1.165) is 5.92 Å². The molecular weight excluding hydrogens is 366 g/mol. The van der Waals surface area contributed by atoms with Crippen LogP contribution in [0.2, 0.25) is 0 Å². The predicted octanol–water partition coefficient (Wildman–Crippen LogP) is 6.82. The normalized spacial score (nSPS) is 10.8. The Hall–Kier alpha value is 0.163. The molecule has 0 aliphatic heterocycles. The summed E-state index contributed by atoms with van der Waals surface area (Å²) in [6.07, 6.45) is 1.24. The fourth-order valence-corrected chi connectivity index (χ4v) is 1.73. The van der Waals surface area contributed by atoms with Crippen molar-refractivity contribution in [2.75, 3.05) is 0 Å². The Labute approximate surface area is 142 Å². The summed E-state index contributed by atoms with van der Waals surface area (Å²) in [6.45, 7) is 8.89. The van der Waals surface area contributed by atoms with Crippen LogP contribution in [0, 0.1) is 0 Å². The molecule has 0 saturated heterocycles. The van der Waals surface area contributed by atoms with Crippen molar-refractivity contribution in [3.05, 3.63) is 59.7 Å². The average molecular weight is 391 g/mol. The Balaban J connectivity index is 0.000000304. The van der Waals surface area contributed by atoms with Gasteiger partial charge in [0, 0.05) is 0 Å². The van der Waals surface area contributed by atoms with E-state index in [1.165, 1.54) is 17.5 Å². The first-order valence-electron chi connectivity index (χ1n) is 6.96. The van der Waals surface area contributed by atoms with Crippen LogP contribution in [0.5, 0.6) is 0 Å². The van der Waals surface area contributed by atoms with Gasteiger partial charge in [-0.25, -0.2) is 24.3 Å². The zero-order chi connectivity index (χ0) is 15.4. The zero-order valence-corrected chi connectivity index (χ0v) is 16.7. The summed E-state index contributed by atoms with van der Waals surface area (Å²) in [4.78, 5) is 0. The Morgan fingerprint density at radius 2 is 1.20 bits per heavy atom. The average Bonchev–Trinajstić information content (AvgIpc) is 3.12. The van der Waals surface area contributed by atoms with E-state index in [1.54, 1.807) is 0 Å². The standard InChI is InChI=1S/C9H13.C8H11.2ClH.Zr/c1-3-8(2)9-6-4-5-7-9;1-7(2)8-5-3-4-6-8;;;/h4-8H,3H2,1-2H3;3-7H,1-2H3;2*1H;/q2*-1;;;+4/p-2. The van der Waals surface area contributed by atoms with Gasteiger partial charge in [0.2, 0.25) is 0 Å². The molecule has 0 radical (unpaired) electrons. The van der Waals surface area contributed by atoms with E-state index < -0.39 is 20.8 Å². The molecule has 20 heavy (non-hydrogen) atoms. The van der Waals surface area contributed by atoms with Crippen LogP contribution >= 0.6 is 17.0 Å². The molecule has 0 aliphatic carbocycles. The van der Waals surface area contributed by atoms with Gasteiger partial charge in [-0.05, 0) is 0 Å². The van der Waals surface area contributed by atoms with Gasteiger partial charge in [0.25, 0.3) is 0 Å². The summed E-state index contributed by atoms with van der Waals surface area (Å²) in [5.74, 6) is 1.42. The summed E-state index contributed by atoms with van der Waals surface area (Å²) in [7, 11) is 9.87. The third-order valence-electron chi connectivity index (χ3n) is 3.22. The molecule has 0 aromatic heterocycles. The van der Waals surface area contributed by atoms with Gasteiger partial charge in [-0.1, -0.05) is 46.0 Å². The zero-order valence-electron chi connectivity index (χ0n) is 12.7. The van der Waals surface area contributed by atoms with E-state index in [0.29, 0.717) is 5.92 Å². The van der Waals surface area contributed by atoms with Crippen molar-refractivity contribution in [3.8, 4) is 0 Å². The second-order valence-electron chi connectivity index (χ2n) is 4.97. The van der Waals surface area contributed by atoms with Crippen molar-refractivity contribution in [1.29, 1.82) is 0 Å². The van der Waals surface area contributed by atoms with E-state index in [4.69, 9.17) is 17.0 Å². The molecule has 2 aromatic carbocycles. The van der Waals surface area contributed by atoms with Gasteiger partial charge in [-0.2, -0.15) is 35.4 Å². The molecule has 2 rings (SSSR count). The van der Waals surface area contributed by atoms with Crippen molar-refractivity contribution >= 4 is 17.0 Å². The molecule has 0 fully saturated rings. The monoisotopic (exact) mass is 388 g/mol. The molecule has 1 atom stereocenters. The van der Waals surface area contributed by atoms with E-state index in [1.807, 2.05) is 0 Å². The molecule has 110 valence electrons. The maximum atomic E-state index is 4.93. The summed E-state index contributed by atoms with van der Waals surface area (Å²) in [5.41, 5.74) is 2.91. The fourth-order valence-electron chi connectivity index (χ4n) is 1.73. The molecule has 0 heterocycles. The molecule has 0 aliphatic rings. The number of rotatable bonds is 3. The SMILES string of the molecule is CC(C)[c-]1cccc1.CCC(C)[c-]1cccc1.[Cl][Zr+2][Cl]. The Morgan fingerprint density at radius 1 is 0.850 bits per heavy atom. The first-order valence-corrected chi connectivity index (χ1v) is 13.3. The third kappa shape index (κ3) is 9.16. The topological polar surface area (TPSA) is 0 Å². The summed E-state index contributed by atoms with van der Waals surface area (Å²) in [5, 5.41) is 0. The second kappa shape index (κ2) is 12.9. The van der Waals surface area contributed by atoms with E-state index in [2.05, 4.69) is 76.2 Å². The summed E-state index contributed by atoms with van der Waals surface area (Å²) in [6, 6.07) is 17.0. The van der Waals surface area contributed by atoms with Crippen molar-refractivity contribution < 1.29 is 20.8 Å². The summed E-state index contributed by atoms with van der Waals surface area (Å²) >= 11 is -0.826. The number of hydrogen-bond acceptors (Lipinski definition) is 0. The Kier molecular flexibility index (Phi) is 13.0. The van der Waals surface area contributed by atoms with Gasteiger partial charge in [-0.15, -0.1) is 0 Å². The molecule has 0 saturated carbocycles. The number of halogens is 2. The van der Waals surface area contributed by atoms with E-state index in [-0.39, 0.29) is 0 Å². The minimum absolute atomic E-state index is 0.685. The van der Waals surface area contributed by atoms with Gasteiger partial charge >= 0.3 is 37.9 Å². The van der Waals surface area contributed by atoms with Crippen molar-refractivity contribution in [2.24, 2.45) is 0 Å². The molecule has 0 amide bonds. The molecule has 0 N–H and O–H groups in total. The van der Waals surface area contributed by atoms with E-state index in [9.17, 15) is 0 Å². The van der Waals surface area contributed by atoms with Crippen LogP contribution in [0.3, 0.4) is 0 Å². The molecular formula is C17H24Cl2Zr. The molecule has 0 bridgehead atoms. The van der Waals surface area contributed by atoms with E-state index >= 15 is 0 Å². The van der Waals surface area contributed by atoms with Crippen molar-refractivity contribution in [1.82, 2.24) is 0 Å². The predicted molar refractivity (Wildman–Crippen MR) is 88.6 cm³/mol. The van der Waals surface area contributed by atoms with Gasteiger partial charge < -0.3 is 0 Å². The van der Waals surface area contributed by atoms with Gasteiger partial charge in [0.05, 0.1) is 0 Å². The molecule has 2 aromatic rings. The molecule has 0 nitrogen and oxygen atoms in total. The van der Waals surface area contributed by atoms with Crippen LogP contribution < -0.4 is 0 Å². The number of hydrogen-bond donors (Lipinski definition) is 0. The minimum atomic E-state index is -0.826. The molecule has 1 unspecified atom stereocenters. The van der Waals surface area contributed by atoms with Crippen molar-refractivity contribution in [3.63, 3.8) is 0 Å². The maximum absolute atomic E-state index is 4.93. The van der Waals surface area contributed by atoms with Crippen LogP contribution in [-0.2, 0) is 20.8 Å². The van der Waals surface area contributed by atoms with Crippen LogP contribution in [0.15, 0.2) is 48.5 Å². The van der Waals surface area contributed by atoms with Crippen LogP contribution in [0.1, 0.15) is 57.1 Å². The Bertz CT molecular complexity index is 391. The quantitative estimate of drug-likeness (QED) is 0.504. The molecule has 0 spiro atoms. The Morgan fingerprint density at radius 3 is 1.45 bits per heavy atom. The molecule has 3 heteroatoms. The van der Waals surface area contributed by atoms with Gasteiger partial charge in [0.15, 0.2) is 0 Å². The first-order chi connectivity index (χ1) is 9.56. The summed E-state index contributed by atoms with van der Waals surface area (Å²) < 4.78 is 0. The van der Waals surface area contributed by atoms with Crippen LogP contribution in [0.4, 0.5) is 0 Å². The second-order valence-corrected chi connectivity index (χ2v) is 8.70. The van der Waals surface area contributed by atoms with Gasteiger partial charge in [-0.3, -0.25) is 0 Å².